The molecule has 2 aromatic heterocycles. The number of aromatic nitrogens is 4. The average Bonchev–Trinajstić information content (AvgIpc) is 3.62. The molecule has 39 heavy (non-hydrogen) atoms. The summed E-state index contributed by atoms with van der Waals surface area (Å²) in [5.74, 6) is -1.54. The van der Waals surface area contributed by atoms with Gasteiger partial charge in [0.25, 0.3) is 0 Å². The van der Waals surface area contributed by atoms with Gasteiger partial charge >= 0.3 is 0 Å². The number of ether oxygens (including phenoxy) is 1. The van der Waals surface area contributed by atoms with E-state index in [1.54, 1.807) is 28.7 Å². The van der Waals surface area contributed by atoms with Crippen LogP contribution in [0.4, 0.5) is 14.6 Å². The van der Waals surface area contributed by atoms with Crippen molar-refractivity contribution in [2.24, 2.45) is 13.0 Å². The fourth-order valence-electron chi connectivity index (χ4n) is 5.33. The molecule has 0 radical (unpaired) electrons. The number of aryl methyl sites for hydroxylation is 1. The fraction of sp³-hybridized carbons (Fsp3) is 0.345. The van der Waals surface area contributed by atoms with Crippen molar-refractivity contribution in [3.63, 3.8) is 0 Å². The molecule has 0 spiro atoms. The average molecular weight is 535 g/mol. The zero-order valence-corrected chi connectivity index (χ0v) is 22.3. The Morgan fingerprint density at radius 2 is 1.92 bits per heavy atom. The summed E-state index contributed by atoms with van der Waals surface area (Å²) in [6.07, 6.45) is 3.85. The number of hydrogen-bond donors (Lipinski definition) is 1. The third-order valence-electron chi connectivity index (χ3n) is 7.31. The summed E-state index contributed by atoms with van der Waals surface area (Å²) in [5, 5.41) is 12.2. The van der Waals surface area contributed by atoms with E-state index in [-0.39, 0.29) is 24.2 Å². The molecule has 1 saturated heterocycles. The molecule has 0 aliphatic carbocycles. The van der Waals surface area contributed by atoms with E-state index in [2.05, 4.69) is 15.3 Å². The molecule has 1 fully saturated rings. The summed E-state index contributed by atoms with van der Waals surface area (Å²) in [6.45, 7) is 4.46. The second-order valence-corrected chi connectivity index (χ2v) is 10.0. The molecular formula is C29H32F2N6O2. The lowest BCUT2D eigenvalue weighted by atomic mass is 9.86. The van der Waals surface area contributed by atoms with E-state index in [9.17, 15) is 13.6 Å². The van der Waals surface area contributed by atoms with E-state index < -0.39 is 11.6 Å². The van der Waals surface area contributed by atoms with Crippen molar-refractivity contribution in [2.75, 3.05) is 38.7 Å². The summed E-state index contributed by atoms with van der Waals surface area (Å²) in [5.41, 5.74) is 3.91. The summed E-state index contributed by atoms with van der Waals surface area (Å²) < 4.78 is 36.4. The molecule has 3 heterocycles. The van der Waals surface area contributed by atoms with Crippen LogP contribution in [0.15, 0.2) is 60.9 Å². The van der Waals surface area contributed by atoms with Gasteiger partial charge in [-0.3, -0.25) is 9.48 Å². The molecule has 0 bridgehead atoms. The third-order valence-corrected chi connectivity index (χ3v) is 7.31. The Kier molecular flexibility index (Phi) is 7.85. The number of carbonyl (C=O) groups excluding carboxylic acids is 1. The van der Waals surface area contributed by atoms with Crippen LogP contribution in [0.3, 0.4) is 0 Å². The van der Waals surface area contributed by atoms with Gasteiger partial charge in [-0.05, 0) is 42.7 Å². The first kappa shape index (κ1) is 26.7. The number of para-hydroxylation sites is 1. The van der Waals surface area contributed by atoms with Crippen molar-refractivity contribution in [3.8, 4) is 16.9 Å². The molecule has 1 N–H and O–H groups in total. The van der Waals surface area contributed by atoms with Crippen LogP contribution < -0.4 is 5.32 Å². The van der Waals surface area contributed by atoms with Gasteiger partial charge in [0.2, 0.25) is 5.91 Å². The lowest BCUT2D eigenvalue weighted by molar-refractivity contribution is -0.117. The summed E-state index contributed by atoms with van der Waals surface area (Å²) in [6, 6.07) is 13.6. The van der Waals surface area contributed by atoms with Crippen molar-refractivity contribution >= 4 is 11.7 Å². The number of halogens is 2. The number of likely N-dealkylation sites (tertiary alicyclic amines) is 1. The highest BCUT2D eigenvalue weighted by Gasteiger charge is 2.35. The number of hydrogen-bond acceptors (Lipinski definition) is 5. The second kappa shape index (κ2) is 11.5. The van der Waals surface area contributed by atoms with Crippen LogP contribution in [-0.2, 0) is 16.6 Å². The minimum absolute atomic E-state index is 0.0853. The highest BCUT2D eigenvalue weighted by atomic mass is 19.2. The molecule has 5 rings (SSSR count). The zero-order chi connectivity index (χ0) is 27.5. The Hall–Kier alpha value is -3.89. The normalized spacial score (nSPS) is 17.6. The van der Waals surface area contributed by atoms with Crippen molar-refractivity contribution in [1.29, 1.82) is 0 Å². The molecule has 1 amide bonds. The van der Waals surface area contributed by atoms with Gasteiger partial charge in [-0.1, -0.05) is 24.3 Å². The third kappa shape index (κ3) is 5.76. The molecule has 10 heteroatoms. The molecule has 2 aromatic carbocycles. The van der Waals surface area contributed by atoms with Gasteiger partial charge < -0.3 is 15.0 Å². The van der Waals surface area contributed by atoms with Gasteiger partial charge in [0, 0.05) is 63.5 Å². The lowest BCUT2D eigenvalue weighted by Crippen LogP contribution is -2.26. The molecule has 1 aliphatic heterocycles. The molecule has 4 aromatic rings. The van der Waals surface area contributed by atoms with E-state index in [4.69, 9.17) is 9.84 Å². The quantitative estimate of drug-likeness (QED) is 0.341. The number of rotatable bonds is 9. The van der Waals surface area contributed by atoms with E-state index in [1.807, 2.05) is 50.5 Å². The van der Waals surface area contributed by atoms with E-state index >= 15 is 0 Å². The zero-order valence-electron chi connectivity index (χ0n) is 22.3. The van der Waals surface area contributed by atoms with E-state index in [0.717, 1.165) is 28.6 Å². The van der Waals surface area contributed by atoms with Crippen molar-refractivity contribution < 1.29 is 18.3 Å². The molecule has 8 nitrogen and oxygen atoms in total. The maximum Gasteiger partial charge on any atom is 0.225 e. The van der Waals surface area contributed by atoms with Crippen LogP contribution in [-0.4, -0.2) is 63.7 Å². The maximum absolute atomic E-state index is 14.1. The summed E-state index contributed by atoms with van der Waals surface area (Å²) in [4.78, 5) is 15.7. The van der Waals surface area contributed by atoms with Gasteiger partial charge in [-0.15, -0.1) is 0 Å². The number of benzene rings is 2. The Morgan fingerprint density at radius 3 is 2.62 bits per heavy atom. The highest BCUT2D eigenvalue weighted by molar-refractivity contribution is 5.92. The largest absolute Gasteiger partial charge is 0.383 e. The fourth-order valence-corrected chi connectivity index (χ4v) is 5.33. The Bertz CT molecular complexity index is 1450. The van der Waals surface area contributed by atoms with Crippen molar-refractivity contribution in [3.05, 3.63) is 83.7 Å². The monoisotopic (exact) mass is 534 g/mol. The molecule has 0 saturated carbocycles. The number of nitrogens with zero attached hydrogens (tertiary/aromatic N) is 5. The molecule has 1 aliphatic rings. The van der Waals surface area contributed by atoms with Crippen molar-refractivity contribution in [1.82, 2.24) is 24.5 Å². The Balaban J connectivity index is 1.42. The number of amides is 1. The first-order chi connectivity index (χ1) is 18.8. The van der Waals surface area contributed by atoms with Crippen LogP contribution in [0.5, 0.6) is 0 Å². The van der Waals surface area contributed by atoms with Crippen LogP contribution in [0.25, 0.3) is 16.9 Å². The second-order valence-electron chi connectivity index (χ2n) is 10.0. The molecule has 2 atom stereocenters. The number of carbonyl (C=O) groups is 1. The smallest absolute Gasteiger partial charge is 0.225 e. The predicted octanol–water partition coefficient (Wildman–Crippen LogP) is 4.55. The van der Waals surface area contributed by atoms with Crippen LogP contribution in [0, 0.1) is 24.5 Å². The number of anilines is 1. The molecule has 1 unspecified atom stereocenters. The van der Waals surface area contributed by atoms with Gasteiger partial charge in [-0.25, -0.2) is 13.5 Å². The number of nitrogens with one attached hydrogen (secondary N) is 1. The summed E-state index contributed by atoms with van der Waals surface area (Å²) >= 11 is 0. The Morgan fingerprint density at radius 1 is 1.13 bits per heavy atom. The first-order valence-corrected chi connectivity index (χ1v) is 12.9. The first-order valence-electron chi connectivity index (χ1n) is 12.9. The van der Waals surface area contributed by atoms with Crippen molar-refractivity contribution in [2.45, 2.75) is 19.3 Å². The highest BCUT2D eigenvalue weighted by Crippen LogP contribution is 2.36. The standard InChI is InChI=1S/C29H32F2N6O2/c1-19-28(22-15-32-35(2)16-22)34-37(23-7-5-4-6-8-23)29(19)33-27(38)14-21-17-36(11-12-39-3)18-24(21)20-9-10-25(30)26(31)13-20/h4-10,13,15-16,21,24H,11-12,14,17-18H2,1-3H3,(H,33,38)/t21?,24-/m0/s1. The van der Waals surface area contributed by atoms with Gasteiger partial charge in [0.1, 0.15) is 11.5 Å². The van der Waals surface area contributed by atoms with Crippen LogP contribution >= 0.6 is 0 Å². The SMILES string of the molecule is COCCN1CC(CC(=O)Nc2c(C)c(-c3cnn(C)c3)nn2-c2ccccc2)[C@H](c2ccc(F)c(F)c2)C1. The lowest BCUT2D eigenvalue weighted by Gasteiger charge is -2.19. The predicted molar refractivity (Wildman–Crippen MR) is 145 cm³/mol. The van der Waals surface area contributed by atoms with Gasteiger partial charge in [0.05, 0.1) is 18.5 Å². The van der Waals surface area contributed by atoms with E-state index in [1.165, 1.54) is 6.07 Å². The molecule has 204 valence electrons. The number of methoxy groups -OCH3 is 1. The topological polar surface area (TPSA) is 77.2 Å². The Labute approximate surface area is 226 Å². The maximum atomic E-state index is 14.1. The van der Waals surface area contributed by atoms with Gasteiger partial charge in [0.15, 0.2) is 11.6 Å². The van der Waals surface area contributed by atoms with E-state index in [0.29, 0.717) is 37.6 Å². The molecular weight excluding hydrogens is 502 g/mol. The van der Waals surface area contributed by atoms with Gasteiger partial charge in [-0.2, -0.15) is 10.2 Å². The van der Waals surface area contributed by atoms with Crippen LogP contribution in [0.2, 0.25) is 0 Å². The minimum Gasteiger partial charge on any atom is -0.383 e. The summed E-state index contributed by atoms with van der Waals surface area (Å²) in [7, 11) is 3.49. The van der Waals surface area contributed by atoms with Crippen LogP contribution in [0.1, 0.15) is 23.5 Å². The minimum atomic E-state index is -0.878.